The van der Waals surface area contributed by atoms with Gasteiger partial charge in [-0.05, 0) is 12.8 Å². The minimum absolute atomic E-state index is 0.202. The Morgan fingerprint density at radius 1 is 1.57 bits per heavy atom. The molecular weight excluding hydrogens is 272 g/mol. The maximum atomic E-state index is 12.0. The SMILES string of the molecule is CCOC(=O)C1CNCCN1Cc1nc(CC(C)C)no1. The molecule has 2 rings (SSSR count). The summed E-state index contributed by atoms with van der Waals surface area (Å²) in [6.07, 6.45) is 0.798. The largest absolute Gasteiger partial charge is 0.465 e. The Labute approximate surface area is 125 Å². The monoisotopic (exact) mass is 296 g/mol. The lowest BCUT2D eigenvalue weighted by atomic mass is 10.1. The van der Waals surface area contributed by atoms with E-state index in [0.29, 0.717) is 31.5 Å². The fourth-order valence-corrected chi connectivity index (χ4v) is 2.38. The van der Waals surface area contributed by atoms with E-state index in [-0.39, 0.29) is 12.0 Å². The molecule has 1 atom stereocenters. The summed E-state index contributed by atoms with van der Waals surface area (Å²) >= 11 is 0. The van der Waals surface area contributed by atoms with Crippen molar-refractivity contribution < 1.29 is 14.1 Å². The normalized spacial score (nSPS) is 19.9. The summed E-state index contributed by atoms with van der Waals surface area (Å²) < 4.78 is 10.4. The lowest BCUT2D eigenvalue weighted by Gasteiger charge is -2.33. The first kappa shape index (κ1) is 15.9. The second kappa shape index (κ2) is 7.51. The van der Waals surface area contributed by atoms with Crippen LogP contribution in [-0.4, -0.2) is 53.3 Å². The predicted molar refractivity (Wildman–Crippen MR) is 76.5 cm³/mol. The Hall–Kier alpha value is -1.47. The highest BCUT2D eigenvalue weighted by atomic mass is 16.5. The molecule has 0 amide bonds. The Morgan fingerprint density at radius 2 is 2.38 bits per heavy atom. The quantitative estimate of drug-likeness (QED) is 0.770. The Morgan fingerprint density at radius 3 is 3.10 bits per heavy atom. The number of aromatic nitrogens is 2. The van der Waals surface area contributed by atoms with Gasteiger partial charge in [0.1, 0.15) is 6.04 Å². The molecule has 0 spiro atoms. The van der Waals surface area contributed by atoms with E-state index in [1.54, 1.807) is 0 Å². The third-order valence-electron chi connectivity index (χ3n) is 3.35. The molecule has 7 heteroatoms. The van der Waals surface area contributed by atoms with Gasteiger partial charge >= 0.3 is 5.97 Å². The Bertz CT molecular complexity index is 461. The summed E-state index contributed by atoms with van der Waals surface area (Å²) in [4.78, 5) is 18.4. The highest BCUT2D eigenvalue weighted by Gasteiger charge is 2.30. The third kappa shape index (κ3) is 4.50. The highest BCUT2D eigenvalue weighted by Crippen LogP contribution is 2.12. The average molecular weight is 296 g/mol. The van der Waals surface area contributed by atoms with E-state index < -0.39 is 0 Å². The van der Waals surface area contributed by atoms with Gasteiger partial charge in [-0.3, -0.25) is 9.69 Å². The van der Waals surface area contributed by atoms with Crippen LogP contribution in [0.15, 0.2) is 4.52 Å². The van der Waals surface area contributed by atoms with Gasteiger partial charge in [-0.1, -0.05) is 19.0 Å². The van der Waals surface area contributed by atoms with Crippen LogP contribution in [0.2, 0.25) is 0 Å². The van der Waals surface area contributed by atoms with Crippen molar-refractivity contribution in [2.24, 2.45) is 5.92 Å². The maximum absolute atomic E-state index is 12.0. The van der Waals surface area contributed by atoms with Crippen molar-refractivity contribution in [1.29, 1.82) is 0 Å². The minimum Gasteiger partial charge on any atom is -0.465 e. The van der Waals surface area contributed by atoms with Crippen LogP contribution >= 0.6 is 0 Å². The summed E-state index contributed by atoms with van der Waals surface area (Å²) in [6, 6.07) is -0.292. The van der Waals surface area contributed by atoms with E-state index in [0.717, 1.165) is 25.3 Å². The number of hydrogen-bond acceptors (Lipinski definition) is 7. The Kier molecular flexibility index (Phi) is 5.69. The van der Waals surface area contributed by atoms with Gasteiger partial charge in [0.15, 0.2) is 5.82 Å². The maximum Gasteiger partial charge on any atom is 0.324 e. The number of carbonyl (C=O) groups is 1. The molecule has 1 unspecified atom stereocenters. The van der Waals surface area contributed by atoms with Crippen LogP contribution in [-0.2, 0) is 22.5 Å². The molecule has 0 saturated carbocycles. The molecule has 0 radical (unpaired) electrons. The molecule has 21 heavy (non-hydrogen) atoms. The first-order valence-corrected chi connectivity index (χ1v) is 7.53. The second-order valence-electron chi connectivity index (χ2n) is 5.64. The van der Waals surface area contributed by atoms with Gasteiger partial charge in [0.25, 0.3) is 0 Å². The minimum atomic E-state index is -0.292. The van der Waals surface area contributed by atoms with Crippen molar-refractivity contribution in [2.45, 2.75) is 39.8 Å². The van der Waals surface area contributed by atoms with Gasteiger partial charge in [0.05, 0.1) is 13.2 Å². The fraction of sp³-hybridized carbons (Fsp3) is 0.786. The van der Waals surface area contributed by atoms with Gasteiger partial charge in [-0.2, -0.15) is 4.98 Å². The number of hydrogen-bond donors (Lipinski definition) is 1. The standard InChI is InChI=1S/C14H24N4O3/c1-4-20-14(19)11-8-15-5-6-18(11)9-13-16-12(17-21-13)7-10(2)3/h10-11,15H,4-9H2,1-3H3. The van der Waals surface area contributed by atoms with Crippen LogP contribution in [0.25, 0.3) is 0 Å². The van der Waals surface area contributed by atoms with E-state index in [1.165, 1.54) is 0 Å². The van der Waals surface area contributed by atoms with Crippen LogP contribution in [0.1, 0.15) is 32.5 Å². The van der Waals surface area contributed by atoms with Crippen molar-refractivity contribution in [3.63, 3.8) is 0 Å². The number of piperazine rings is 1. The number of ether oxygens (including phenoxy) is 1. The van der Waals surface area contributed by atoms with Crippen LogP contribution in [0, 0.1) is 5.92 Å². The number of nitrogens with zero attached hydrogens (tertiary/aromatic N) is 3. The van der Waals surface area contributed by atoms with Crippen molar-refractivity contribution in [2.75, 3.05) is 26.2 Å². The lowest BCUT2D eigenvalue weighted by molar-refractivity contribution is -0.150. The van der Waals surface area contributed by atoms with Crippen LogP contribution in [0.5, 0.6) is 0 Å². The smallest absolute Gasteiger partial charge is 0.324 e. The lowest BCUT2D eigenvalue weighted by Crippen LogP contribution is -2.54. The zero-order valence-electron chi connectivity index (χ0n) is 13.0. The number of nitrogens with one attached hydrogen (secondary N) is 1. The molecule has 1 fully saturated rings. The number of carbonyl (C=O) groups excluding carboxylic acids is 1. The van der Waals surface area contributed by atoms with E-state index in [9.17, 15) is 4.79 Å². The molecule has 1 aromatic heterocycles. The van der Waals surface area contributed by atoms with E-state index in [1.807, 2.05) is 11.8 Å². The summed E-state index contributed by atoms with van der Waals surface area (Å²) in [5.41, 5.74) is 0. The van der Waals surface area contributed by atoms with E-state index in [4.69, 9.17) is 9.26 Å². The van der Waals surface area contributed by atoms with Crippen molar-refractivity contribution in [3.8, 4) is 0 Å². The van der Waals surface area contributed by atoms with Crippen molar-refractivity contribution >= 4 is 5.97 Å². The molecule has 1 aromatic rings. The average Bonchev–Trinajstić information content (AvgIpc) is 2.86. The third-order valence-corrected chi connectivity index (χ3v) is 3.35. The Balaban J connectivity index is 1.98. The topological polar surface area (TPSA) is 80.5 Å². The summed E-state index contributed by atoms with van der Waals surface area (Å²) in [7, 11) is 0. The van der Waals surface area contributed by atoms with Crippen molar-refractivity contribution in [1.82, 2.24) is 20.4 Å². The molecule has 1 saturated heterocycles. The molecule has 0 bridgehead atoms. The molecule has 118 valence electrons. The van der Waals surface area contributed by atoms with Gasteiger partial charge < -0.3 is 14.6 Å². The number of rotatable bonds is 6. The predicted octanol–water partition coefficient (Wildman–Crippen LogP) is 0.605. The highest BCUT2D eigenvalue weighted by molar-refractivity contribution is 5.76. The summed E-state index contributed by atoms with van der Waals surface area (Å²) in [5, 5.41) is 7.20. The van der Waals surface area contributed by atoms with Gasteiger partial charge in [-0.25, -0.2) is 0 Å². The van der Waals surface area contributed by atoms with Gasteiger partial charge in [0.2, 0.25) is 5.89 Å². The van der Waals surface area contributed by atoms with E-state index in [2.05, 4.69) is 29.3 Å². The molecule has 1 N–H and O–H groups in total. The van der Waals surface area contributed by atoms with Gasteiger partial charge in [-0.15, -0.1) is 0 Å². The molecular formula is C14H24N4O3. The van der Waals surface area contributed by atoms with Crippen LogP contribution in [0.3, 0.4) is 0 Å². The molecule has 1 aliphatic rings. The second-order valence-corrected chi connectivity index (χ2v) is 5.64. The fourth-order valence-electron chi connectivity index (χ4n) is 2.38. The van der Waals surface area contributed by atoms with Crippen LogP contribution < -0.4 is 5.32 Å². The molecule has 2 heterocycles. The summed E-state index contributed by atoms with van der Waals surface area (Å²) in [5.74, 6) is 1.57. The van der Waals surface area contributed by atoms with E-state index >= 15 is 0 Å². The number of esters is 1. The molecule has 0 aliphatic carbocycles. The zero-order chi connectivity index (χ0) is 15.2. The first-order chi connectivity index (χ1) is 10.1. The molecule has 1 aliphatic heterocycles. The molecule has 7 nitrogen and oxygen atoms in total. The molecule has 0 aromatic carbocycles. The zero-order valence-corrected chi connectivity index (χ0v) is 13.0. The van der Waals surface area contributed by atoms with Crippen LogP contribution in [0.4, 0.5) is 0 Å². The first-order valence-electron chi connectivity index (χ1n) is 7.53. The van der Waals surface area contributed by atoms with Gasteiger partial charge in [0, 0.05) is 26.1 Å². The van der Waals surface area contributed by atoms with Crippen molar-refractivity contribution in [3.05, 3.63) is 11.7 Å². The summed E-state index contributed by atoms with van der Waals surface area (Å²) in [6.45, 7) is 9.10.